The Balaban J connectivity index is 0.000000304. The van der Waals surface area contributed by atoms with E-state index in [2.05, 4.69) is 7.05 Å². The van der Waals surface area contributed by atoms with Gasteiger partial charge in [-0.25, -0.2) is 8.42 Å². The molecular weight excluding hydrogens is 263 g/mol. The highest BCUT2D eigenvalue weighted by molar-refractivity contribution is 7.86. The summed E-state index contributed by atoms with van der Waals surface area (Å²) in [5.41, 5.74) is -5.65. The molecule has 0 aromatic heterocycles. The van der Waals surface area contributed by atoms with Crippen LogP contribution in [0.4, 0.5) is 13.2 Å². The van der Waals surface area contributed by atoms with Crippen LogP contribution in [-0.4, -0.2) is 56.9 Å². The van der Waals surface area contributed by atoms with Crippen LogP contribution in [0.5, 0.6) is 0 Å². The number of quaternary nitrogens is 1. The van der Waals surface area contributed by atoms with Crippen LogP contribution in [0.3, 0.4) is 0 Å². The molecule has 0 bridgehead atoms. The van der Waals surface area contributed by atoms with Gasteiger partial charge in [-0.15, -0.1) is 0 Å². The van der Waals surface area contributed by atoms with Crippen molar-refractivity contribution < 1.29 is 35.4 Å². The van der Waals surface area contributed by atoms with E-state index in [-0.39, 0.29) is 0 Å². The van der Waals surface area contributed by atoms with Gasteiger partial charge in [-0.1, -0.05) is 0 Å². The van der Waals surface area contributed by atoms with E-state index >= 15 is 0 Å². The predicted octanol–water partition coefficient (Wildman–Crippen LogP) is 0.882. The van der Waals surface area contributed by atoms with Gasteiger partial charge in [-0.2, -0.15) is 13.2 Å². The summed E-state index contributed by atoms with van der Waals surface area (Å²) in [7, 11) is -2.05. The number of methoxy groups -OCH3 is 1. The Kier molecular flexibility index (Phi) is 5.85. The molecule has 0 radical (unpaired) electrons. The maximum Gasteiger partial charge on any atom is 0.485 e. The zero-order valence-corrected chi connectivity index (χ0v) is 10.5. The number of ether oxygens (including phenoxy) is 1. The fourth-order valence-electron chi connectivity index (χ4n) is 1.54. The Morgan fingerprint density at radius 1 is 1.29 bits per heavy atom. The van der Waals surface area contributed by atoms with E-state index in [1.807, 2.05) is 0 Å². The van der Waals surface area contributed by atoms with Crippen LogP contribution >= 0.6 is 0 Å². The molecule has 0 saturated carbocycles. The molecule has 0 spiro atoms. The maximum atomic E-state index is 10.7. The molecule has 5 nitrogen and oxygen atoms in total. The number of hydrogen-bond donors (Lipinski definition) is 0. The highest BCUT2D eigenvalue weighted by atomic mass is 32.2. The summed E-state index contributed by atoms with van der Waals surface area (Å²) >= 11 is 0. The first kappa shape index (κ1) is 16.6. The summed E-state index contributed by atoms with van der Waals surface area (Å²) in [4.78, 5) is 0. The van der Waals surface area contributed by atoms with Crippen molar-refractivity contribution in [1.82, 2.24) is 0 Å². The van der Waals surface area contributed by atoms with E-state index in [4.69, 9.17) is 17.7 Å². The fourth-order valence-corrected chi connectivity index (χ4v) is 1.54. The third kappa shape index (κ3) is 6.20. The number of hydrogen-bond acceptors (Lipinski definition) is 4. The van der Waals surface area contributed by atoms with Gasteiger partial charge in [-0.3, -0.25) is 0 Å². The summed E-state index contributed by atoms with van der Waals surface area (Å²) in [6.07, 6.45) is 2.75. The molecule has 0 aliphatic carbocycles. The van der Waals surface area contributed by atoms with Crippen LogP contribution < -0.4 is 0 Å². The van der Waals surface area contributed by atoms with Gasteiger partial charge in [0.2, 0.25) is 0 Å². The minimum atomic E-state index is -6.09. The van der Waals surface area contributed by atoms with E-state index in [0.29, 0.717) is 0 Å². The molecule has 1 fully saturated rings. The van der Waals surface area contributed by atoms with Crippen LogP contribution in [0, 0.1) is 0 Å². The maximum absolute atomic E-state index is 10.7. The third-order valence-corrected chi connectivity index (χ3v) is 2.94. The van der Waals surface area contributed by atoms with E-state index in [1.165, 1.54) is 25.9 Å². The van der Waals surface area contributed by atoms with Crippen molar-refractivity contribution in [2.75, 3.05) is 34.0 Å². The SMILES string of the molecule is COC[N+]1(C)CCCC1.O=S(=O)([O-])C(F)(F)F. The Morgan fingerprint density at radius 2 is 1.65 bits per heavy atom. The van der Waals surface area contributed by atoms with E-state index < -0.39 is 15.6 Å². The van der Waals surface area contributed by atoms with Crippen LogP contribution in [0.25, 0.3) is 0 Å². The number of nitrogens with zero attached hydrogens (tertiary/aromatic N) is 1. The lowest BCUT2D eigenvalue weighted by atomic mass is 10.4. The monoisotopic (exact) mass is 279 g/mol. The summed E-state index contributed by atoms with van der Waals surface area (Å²) in [6.45, 7) is 3.49. The normalized spacial score (nSPS) is 19.6. The quantitative estimate of drug-likeness (QED) is 0.427. The summed E-state index contributed by atoms with van der Waals surface area (Å²) in [6, 6.07) is 0. The minimum Gasteiger partial charge on any atom is -0.741 e. The van der Waals surface area contributed by atoms with Gasteiger partial charge < -0.3 is 13.8 Å². The zero-order chi connectivity index (χ0) is 13.7. The Hall–Kier alpha value is -0.380. The topological polar surface area (TPSA) is 66.4 Å². The Bertz CT molecular complexity index is 322. The van der Waals surface area contributed by atoms with E-state index in [9.17, 15) is 13.2 Å². The summed E-state index contributed by atoms with van der Waals surface area (Å²) < 4.78 is 65.1. The predicted molar refractivity (Wildman–Crippen MR) is 52.8 cm³/mol. The molecule has 0 unspecified atom stereocenters. The molecule has 1 aliphatic heterocycles. The third-order valence-electron chi connectivity index (χ3n) is 2.37. The Labute approximate surface area is 98.5 Å². The van der Waals surface area contributed by atoms with E-state index in [0.717, 1.165) is 11.2 Å². The second-order valence-electron chi connectivity index (χ2n) is 4.09. The second kappa shape index (κ2) is 5.98. The zero-order valence-electron chi connectivity index (χ0n) is 9.66. The lowest BCUT2D eigenvalue weighted by Gasteiger charge is -2.27. The molecule has 0 N–H and O–H groups in total. The van der Waals surface area contributed by atoms with Crippen LogP contribution in [0.2, 0.25) is 0 Å². The average Bonchev–Trinajstić information content (AvgIpc) is 2.50. The first-order valence-corrected chi connectivity index (χ1v) is 6.27. The molecule has 1 rings (SSSR count). The summed E-state index contributed by atoms with van der Waals surface area (Å²) in [5.74, 6) is 0. The van der Waals surface area contributed by atoms with Gasteiger partial charge >= 0.3 is 5.51 Å². The van der Waals surface area contributed by atoms with Gasteiger partial charge in [0.05, 0.1) is 20.1 Å². The standard InChI is InChI=1S/C7H16NO.CHF3O3S/c1-8(7-9-2)5-3-4-6-8;2-1(3,4)8(5,6)7/h3-7H2,1-2H3;(H,5,6,7)/q+1;/p-1. The molecule has 1 saturated heterocycles. The van der Waals surface area contributed by atoms with Gasteiger partial charge in [0.1, 0.15) is 0 Å². The first-order chi connectivity index (χ1) is 7.52. The van der Waals surface area contributed by atoms with Crippen LogP contribution in [-0.2, 0) is 14.9 Å². The lowest BCUT2D eigenvalue weighted by Crippen LogP contribution is -2.42. The Morgan fingerprint density at radius 3 is 1.88 bits per heavy atom. The largest absolute Gasteiger partial charge is 0.741 e. The van der Waals surface area contributed by atoms with Gasteiger partial charge in [0.15, 0.2) is 16.8 Å². The van der Waals surface area contributed by atoms with Crippen molar-refractivity contribution in [3.8, 4) is 0 Å². The van der Waals surface area contributed by atoms with Crippen molar-refractivity contribution >= 4 is 10.1 Å². The molecule has 0 aromatic carbocycles. The van der Waals surface area contributed by atoms with Crippen molar-refractivity contribution in [1.29, 1.82) is 0 Å². The minimum absolute atomic E-state index is 0.889. The highest BCUT2D eigenvalue weighted by Gasteiger charge is 2.36. The number of halogens is 3. The molecule has 0 aromatic rings. The molecule has 0 atom stereocenters. The second-order valence-corrected chi connectivity index (χ2v) is 5.46. The van der Waals surface area contributed by atoms with Gasteiger partial charge in [0.25, 0.3) is 0 Å². The van der Waals surface area contributed by atoms with Gasteiger partial charge in [0, 0.05) is 20.0 Å². The molecular formula is C8H16F3NO4S. The van der Waals surface area contributed by atoms with E-state index in [1.54, 1.807) is 7.11 Å². The van der Waals surface area contributed by atoms with Crippen LogP contribution in [0.15, 0.2) is 0 Å². The highest BCUT2D eigenvalue weighted by Crippen LogP contribution is 2.20. The van der Waals surface area contributed by atoms with Gasteiger partial charge in [-0.05, 0) is 0 Å². The molecule has 17 heavy (non-hydrogen) atoms. The number of rotatable bonds is 2. The smallest absolute Gasteiger partial charge is 0.485 e. The van der Waals surface area contributed by atoms with Crippen molar-refractivity contribution in [2.45, 2.75) is 18.3 Å². The molecule has 104 valence electrons. The first-order valence-electron chi connectivity index (χ1n) is 4.86. The molecule has 0 amide bonds. The lowest BCUT2D eigenvalue weighted by molar-refractivity contribution is -0.916. The molecule has 9 heteroatoms. The van der Waals surface area contributed by atoms with Crippen molar-refractivity contribution in [3.05, 3.63) is 0 Å². The number of likely N-dealkylation sites (tertiary alicyclic amines) is 1. The number of alkyl halides is 3. The van der Waals surface area contributed by atoms with Crippen molar-refractivity contribution in [3.63, 3.8) is 0 Å². The summed E-state index contributed by atoms with van der Waals surface area (Å²) in [5, 5.41) is 0. The average molecular weight is 279 g/mol. The van der Waals surface area contributed by atoms with Crippen molar-refractivity contribution in [2.24, 2.45) is 0 Å². The molecule has 1 heterocycles. The fraction of sp³-hybridized carbons (Fsp3) is 1.00. The van der Waals surface area contributed by atoms with Crippen LogP contribution in [0.1, 0.15) is 12.8 Å². The molecule has 1 aliphatic rings.